The highest BCUT2D eigenvalue weighted by molar-refractivity contribution is 8.03. The summed E-state index contributed by atoms with van der Waals surface area (Å²) in [6.45, 7) is 4.08. The summed E-state index contributed by atoms with van der Waals surface area (Å²) < 4.78 is 57.3. The summed E-state index contributed by atoms with van der Waals surface area (Å²) in [4.78, 5) is 0.0934. The number of hydrogen-bond acceptors (Lipinski definition) is 3. The molecule has 0 atom stereocenters. The molecule has 0 aliphatic heterocycles. The Balaban J connectivity index is 0.00000139. The summed E-state index contributed by atoms with van der Waals surface area (Å²) in [6, 6.07) is 16.2. The predicted octanol–water partition coefficient (Wildman–Crippen LogP) is 6.43. The van der Waals surface area contributed by atoms with Crippen molar-refractivity contribution in [3.05, 3.63) is 66.2 Å². The maximum atomic E-state index is 13.8. The second-order valence-electron chi connectivity index (χ2n) is 4.36. The number of thioether (sulfide) groups is 1. The second-order valence-corrected chi connectivity index (χ2v) is 6.55. The molecule has 0 spiro atoms. The standard InChI is InChI=1S/C15H13F4NS2.C2H6/c16-14(17,21-13-9-5-2-6-10-13)15(18,19)22-20-11-12-7-3-1-4-8-12;1-2/h1-10,20H,11H2;1-2H3. The lowest BCUT2D eigenvalue weighted by atomic mass is 10.2. The van der Waals surface area contributed by atoms with Crippen LogP contribution in [-0.4, -0.2) is 10.5 Å². The van der Waals surface area contributed by atoms with Crippen LogP contribution in [0.4, 0.5) is 17.6 Å². The smallest absolute Gasteiger partial charge is 0.255 e. The predicted molar refractivity (Wildman–Crippen MR) is 94.4 cm³/mol. The number of hydrogen-bond donors (Lipinski definition) is 1. The maximum absolute atomic E-state index is 13.8. The van der Waals surface area contributed by atoms with E-state index in [9.17, 15) is 17.6 Å². The van der Waals surface area contributed by atoms with Gasteiger partial charge in [0.15, 0.2) is 0 Å². The first kappa shape index (κ1) is 20.9. The topological polar surface area (TPSA) is 12.0 Å². The Bertz CT molecular complexity index is 580. The van der Waals surface area contributed by atoms with Gasteiger partial charge in [-0.3, -0.25) is 4.72 Å². The van der Waals surface area contributed by atoms with Crippen LogP contribution in [0.15, 0.2) is 65.6 Å². The van der Waals surface area contributed by atoms with Gasteiger partial charge in [0.05, 0.1) is 0 Å². The highest BCUT2D eigenvalue weighted by Gasteiger charge is 2.58. The molecule has 0 saturated heterocycles. The van der Waals surface area contributed by atoms with Crippen LogP contribution in [0.25, 0.3) is 0 Å². The summed E-state index contributed by atoms with van der Waals surface area (Å²) >= 11 is -0.400. The van der Waals surface area contributed by atoms with Crippen LogP contribution in [0.5, 0.6) is 0 Å². The average Bonchev–Trinajstić information content (AvgIpc) is 2.58. The third-order valence-corrected chi connectivity index (χ3v) is 4.60. The summed E-state index contributed by atoms with van der Waals surface area (Å²) in [5, 5.41) is -8.45. The van der Waals surface area contributed by atoms with E-state index in [0.29, 0.717) is 0 Å². The van der Waals surface area contributed by atoms with Crippen molar-refractivity contribution in [1.29, 1.82) is 0 Å². The fourth-order valence-electron chi connectivity index (χ4n) is 1.56. The van der Waals surface area contributed by atoms with Crippen molar-refractivity contribution in [3.63, 3.8) is 0 Å². The Morgan fingerprint density at radius 2 is 1.29 bits per heavy atom. The van der Waals surface area contributed by atoms with E-state index in [1.54, 1.807) is 36.4 Å². The molecule has 2 rings (SSSR count). The van der Waals surface area contributed by atoms with E-state index >= 15 is 0 Å². The lowest BCUT2D eigenvalue weighted by Crippen LogP contribution is -2.36. The van der Waals surface area contributed by atoms with Crippen LogP contribution < -0.4 is 4.72 Å². The van der Waals surface area contributed by atoms with Crippen molar-refractivity contribution >= 4 is 23.7 Å². The molecule has 0 aliphatic carbocycles. The number of halogens is 4. The van der Waals surface area contributed by atoms with Crippen LogP contribution in [-0.2, 0) is 6.54 Å². The van der Waals surface area contributed by atoms with E-state index in [-0.39, 0.29) is 35.2 Å². The fraction of sp³-hybridized carbons (Fsp3) is 0.294. The van der Waals surface area contributed by atoms with Crippen molar-refractivity contribution in [1.82, 2.24) is 4.72 Å². The summed E-state index contributed by atoms with van der Waals surface area (Å²) in [7, 11) is 0. The van der Waals surface area contributed by atoms with Crippen LogP contribution in [0.3, 0.4) is 0 Å². The van der Waals surface area contributed by atoms with E-state index in [2.05, 4.69) is 4.72 Å². The van der Waals surface area contributed by atoms with Gasteiger partial charge in [-0.25, -0.2) is 0 Å². The summed E-state index contributed by atoms with van der Waals surface area (Å²) in [5.74, 6) is 0. The zero-order valence-electron chi connectivity index (χ0n) is 13.3. The minimum Gasteiger partial charge on any atom is -0.255 e. The Kier molecular flexibility index (Phi) is 8.66. The number of nitrogens with one attached hydrogen (secondary N) is 1. The van der Waals surface area contributed by atoms with Crippen molar-refractivity contribution in [2.75, 3.05) is 0 Å². The van der Waals surface area contributed by atoms with Crippen molar-refractivity contribution in [3.8, 4) is 0 Å². The zero-order chi connectivity index (χ0) is 18.1. The van der Waals surface area contributed by atoms with Crippen LogP contribution in [0.2, 0.25) is 0 Å². The van der Waals surface area contributed by atoms with Gasteiger partial charge < -0.3 is 0 Å². The Labute approximate surface area is 148 Å². The average molecular weight is 377 g/mol. The van der Waals surface area contributed by atoms with Crippen LogP contribution in [0, 0.1) is 0 Å². The molecule has 0 amide bonds. The molecule has 0 aromatic heterocycles. The number of benzene rings is 2. The Morgan fingerprint density at radius 1 is 0.792 bits per heavy atom. The van der Waals surface area contributed by atoms with E-state index < -0.39 is 10.5 Å². The number of rotatable bonds is 7. The molecule has 2 aromatic rings. The molecule has 0 aliphatic rings. The first-order chi connectivity index (χ1) is 11.4. The molecule has 0 heterocycles. The normalized spacial score (nSPS) is 11.6. The summed E-state index contributed by atoms with van der Waals surface area (Å²) in [5.41, 5.74) is 0.741. The van der Waals surface area contributed by atoms with Crippen LogP contribution >= 0.6 is 23.7 Å². The minimum atomic E-state index is -4.23. The van der Waals surface area contributed by atoms with Gasteiger partial charge in [-0.2, -0.15) is 17.6 Å². The van der Waals surface area contributed by atoms with E-state index in [1.165, 1.54) is 24.3 Å². The van der Waals surface area contributed by atoms with Crippen molar-refractivity contribution < 1.29 is 17.6 Å². The molecule has 24 heavy (non-hydrogen) atoms. The maximum Gasteiger partial charge on any atom is 0.379 e. The number of alkyl halides is 4. The van der Waals surface area contributed by atoms with Gasteiger partial charge in [-0.05, 0) is 29.5 Å². The molecule has 0 radical (unpaired) electrons. The first-order valence-corrected chi connectivity index (χ1v) is 8.98. The molecule has 0 fully saturated rings. The van der Waals surface area contributed by atoms with Gasteiger partial charge in [-0.1, -0.05) is 62.4 Å². The third-order valence-electron chi connectivity index (χ3n) is 2.65. The van der Waals surface area contributed by atoms with E-state index in [4.69, 9.17) is 0 Å². The second kappa shape index (κ2) is 9.96. The molecular formula is C17H19F4NS2. The lowest BCUT2D eigenvalue weighted by Gasteiger charge is -2.25. The van der Waals surface area contributed by atoms with Gasteiger partial charge >= 0.3 is 10.5 Å². The lowest BCUT2D eigenvalue weighted by molar-refractivity contribution is -0.0839. The third kappa shape index (κ3) is 6.37. The van der Waals surface area contributed by atoms with Gasteiger partial charge in [0, 0.05) is 23.4 Å². The van der Waals surface area contributed by atoms with E-state index in [0.717, 1.165) is 5.56 Å². The largest absolute Gasteiger partial charge is 0.379 e. The Hall–Kier alpha value is -1.18. The van der Waals surface area contributed by atoms with Gasteiger partial charge in [0.25, 0.3) is 0 Å². The summed E-state index contributed by atoms with van der Waals surface area (Å²) in [6.07, 6.45) is 0. The van der Waals surface area contributed by atoms with Crippen molar-refractivity contribution in [2.24, 2.45) is 0 Å². The molecule has 0 unspecified atom stereocenters. The molecule has 132 valence electrons. The zero-order valence-corrected chi connectivity index (χ0v) is 14.9. The highest BCUT2D eigenvalue weighted by Crippen LogP contribution is 2.51. The molecule has 2 aromatic carbocycles. The minimum absolute atomic E-state index is 0.0766. The fourth-order valence-corrected chi connectivity index (χ4v) is 3.06. The van der Waals surface area contributed by atoms with Gasteiger partial charge in [-0.15, -0.1) is 0 Å². The monoisotopic (exact) mass is 377 g/mol. The highest BCUT2D eigenvalue weighted by atomic mass is 32.2. The van der Waals surface area contributed by atoms with Gasteiger partial charge in [0.2, 0.25) is 0 Å². The first-order valence-electron chi connectivity index (χ1n) is 7.35. The Morgan fingerprint density at radius 3 is 1.83 bits per heavy atom. The SMILES string of the molecule is CC.FC(F)(SNCc1ccccc1)C(F)(F)Sc1ccccc1. The van der Waals surface area contributed by atoms with Crippen molar-refractivity contribution in [2.45, 2.75) is 35.8 Å². The molecule has 7 heteroatoms. The quantitative estimate of drug-likeness (QED) is 0.339. The van der Waals surface area contributed by atoms with E-state index in [1.807, 2.05) is 13.8 Å². The molecule has 0 saturated carbocycles. The molecule has 1 nitrogen and oxygen atoms in total. The molecular weight excluding hydrogens is 358 g/mol. The molecule has 0 bridgehead atoms. The molecule has 1 N–H and O–H groups in total. The van der Waals surface area contributed by atoms with Gasteiger partial charge in [0.1, 0.15) is 0 Å². The van der Waals surface area contributed by atoms with Crippen LogP contribution in [0.1, 0.15) is 19.4 Å².